The first-order valence-corrected chi connectivity index (χ1v) is 6.86. The van der Waals surface area contributed by atoms with Crippen molar-refractivity contribution >= 4 is 0 Å². The van der Waals surface area contributed by atoms with E-state index in [9.17, 15) is 0 Å². The second-order valence-electron chi connectivity index (χ2n) is 5.62. The van der Waals surface area contributed by atoms with Gasteiger partial charge in [-0.15, -0.1) is 0 Å². The lowest BCUT2D eigenvalue weighted by Crippen LogP contribution is -2.55. The van der Waals surface area contributed by atoms with Crippen LogP contribution in [0.1, 0.15) is 60.3 Å². The minimum Gasteiger partial charge on any atom is -0.329 e. The maximum absolute atomic E-state index is 6.03. The molecule has 0 amide bonds. The van der Waals surface area contributed by atoms with Gasteiger partial charge in [-0.3, -0.25) is 4.90 Å². The predicted molar refractivity (Wildman–Crippen MR) is 73.7 cm³/mol. The molecule has 0 bridgehead atoms. The lowest BCUT2D eigenvalue weighted by atomic mass is 9.86. The summed E-state index contributed by atoms with van der Waals surface area (Å²) in [7, 11) is 2.25. The molecule has 2 heteroatoms. The fourth-order valence-electron chi connectivity index (χ4n) is 2.77. The summed E-state index contributed by atoms with van der Waals surface area (Å²) < 4.78 is 0. The van der Waals surface area contributed by atoms with Crippen LogP contribution in [0.15, 0.2) is 0 Å². The van der Waals surface area contributed by atoms with Gasteiger partial charge in [0.1, 0.15) is 0 Å². The first kappa shape index (κ1) is 15.9. The SMILES string of the molecule is CCCC(CC)(CN)N(C)C(C)CC(C)C. The molecule has 2 nitrogen and oxygen atoms in total. The van der Waals surface area contributed by atoms with E-state index in [1.165, 1.54) is 19.3 Å². The van der Waals surface area contributed by atoms with E-state index < -0.39 is 0 Å². The third-order valence-electron chi connectivity index (χ3n) is 3.98. The van der Waals surface area contributed by atoms with E-state index in [-0.39, 0.29) is 5.54 Å². The molecule has 0 saturated carbocycles. The van der Waals surface area contributed by atoms with Crippen molar-refractivity contribution in [2.75, 3.05) is 13.6 Å². The first-order chi connectivity index (χ1) is 7.43. The van der Waals surface area contributed by atoms with E-state index in [2.05, 4.69) is 46.6 Å². The van der Waals surface area contributed by atoms with Gasteiger partial charge < -0.3 is 5.73 Å². The Morgan fingerprint density at radius 1 is 1.19 bits per heavy atom. The molecule has 0 spiro atoms. The van der Waals surface area contributed by atoms with Gasteiger partial charge in [-0.1, -0.05) is 34.1 Å². The fraction of sp³-hybridized carbons (Fsp3) is 1.00. The van der Waals surface area contributed by atoms with Crippen molar-refractivity contribution in [1.29, 1.82) is 0 Å². The molecule has 0 aromatic heterocycles. The Bertz CT molecular complexity index is 174. The highest BCUT2D eigenvalue weighted by Gasteiger charge is 2.33. The van der Waals surface area contributed by atoms with Crippen LogP contribution >= 0.6 is 0 Å². The van der Waals surface area contributed by atoms with Gasteiger partial charge in [0.25, 0.3) is 0 Å². The normalized spacial score (nSPS) is 17.8. The van der Waals surface area contributed by atoms with Crippen molar-refractivity contribution in [2.45, 2.75) is 71.9 Å². The van der Waals surface area contributed by atoms with Crippen LogP contribution in [0.5, 0.6) is 0 Å². The van der Waals surface area contributed by atoms with Crippen molar-refractivity contribution in [3.8, 4) is 0 Å². The van der Waals surface area contributed by atoms with Gasteiger partial charge in [0.2, 0.25) is 0 Å². The quantitative estimate of drug-likeness (QED) is 0.691. The van der Waals surface area contributed by atoms with Gasteiger partial charge in [-0.2, -0.15) is 0 Å². The minimum absolute atomic E-state index is 0.211. The summed E-state index contributed by atoms with van der Waals surface area (Å²) in [6, 6.07) is 0.620. The van der Waals surface area contributed by atoms with Gasteiger partial charge in [-0.05, 0) is 39.2 Å². The molecule has 0 rings (SSSR count). The third kappa shape index (κ3) is 4.06. The highest BCUT2D eigenvalue weighted by atomic mass is 15.2. The van der Waals surface area contributed by atoms with Gasteiger partial charge in [0.15, 0.2) is 0 Å². The third-order valence-corrected chi connectivity index (χ3v) is 3.98. The van der Waals surface area contributed by atoms with Crippen molar-refractivity contribution in [2.24, 2.45) is 11.7 Å². The molecule has 16 heavy (non-hydrogen) atoms. The molecule has 0 aliphatic carbocycles. The van der Waals surface area contributed by atoms with Crippen LogP contribution in [0.2, 0.25) is 0 Å². The van der Waals surface area contributed by atoms with Crippen LogP contribution in [0.25, 0.3) is 0 Å². The molecule has 0 aromatic rings. The molecule has 0 aliphatic heterocycles. The van der Waals surface area contributed by atoms with Crippen molar-refractivity contribution < 1.29 is 0 Å². The molecule has 0 fully saturated rings. The zero-order valence-corrected chi connectivity index (χ0v) is 12.2. The summed E-state index contributed by atoms with van der Waals surface area (Å²) in [6.07, 6.45) is 4.82. The van der Waals surface area contributed by atoms with Gasteiger partial charge in [0, 0.05) is 18.1 Å². The highest BCUT2D eigenvalue weighted by Crippen LogP contribution is 2.27. The standard InChI is InChI=1S/C14H32N2/c1-7-9-14(8-2,11-15)16(6)13(5)10-12(3)4/h12-13H,7-11,15H2,1-6H3. The minimum atomic E-state index is 0.211. The molecule has 0 heterocycles. The maximum atomic E-state index is 6.03. The van der Waals surface area contributed by atoms with Crippen molar-refractivity contribution in [1.82, 2.24) is 4.90 Å². The predicted octanol–water partition coefficient (Wildman–Crippen LogP) is 3.26. The summed E-state index contributed by atoms with van der Waals surface area (Å²) in [4.78, 5) is 2.52. The number of hydrogen-bond donors (Lipinski definition) is 1. The van der Waals surface area contributed by atoms with Gasteiger partial charge in [0.05, 0.1) is 0 Å². The summed E-state index contributed by atoms with van der Waals surface area (Å²) in [5, 5.41) is 0. The largest absolute Gasteiger partial charge is 0.329 e. The molecule has 2 atom stereocenters. The van der Waals surface area contributed by atoms with E-state index in [1.54, 1.807) is 0 Å². The Kier molecular flexibility index (Phi) is 7.25. The maximum Gasteiger partial charge on any atom is 0.0328 e. The monoisotopic (exact) mass is 228 g/mol. The van der Waals surface area contributed by atoms with Gasteiger partial charge >= 0.3 is 0 Å². The Labute approximate surface area is 103 Å². The summed E-state index contributed by atoms with van der Waals surface area (Å²) >= 11 is 0. The Hall–Kier alpha value is -0.0800. The van der Waals surface area contributed by atoms with Crippen molar-refractivity contribution in [3.05, 3.63) is 0 Å². The molecular formula is C14H32N2. The summed E-state index contributed by atoms with van der Waals surface area (Å²) in [5.41, 5.74) is 6.24. The molecule has 2 N–H and O–H groups in total. The molecule has 2 unspecified atom stereocenters. The lowest BCUT2D eigenvalue weighted by Gasteiger charge is -2.44. The second-order valence-corrected chi connectivity index (χ2v) is 5.62. The number of hydrogen-bond acceptors (Lipinski definition) is 2. The van der Waals surface area contributed by atoms with E-state index >= 15 is 0 Å². The van der Waals surface area contributed by atoms with E-state index in [0.717, 1.165) is 18.9 Å². The van der Waals surface area contributed by atoms with Crippen LogP contribution < -0.4 is 5.73 Å². The number of nitrogens with zero attached hydrogens (tertiary/aromatic N) is 1. The van der Waals surface area contributed by atoms with Crippen LogP contribution in [-0.4, -0.2) is 30.1 Å². The molecule has 0 radical (unpaired) electrons. The number of nitrogens with two attached hydrogens (primary N) is 1. The van der Waals surface area contributed by atoms with E-state index in [0.29, 0.717) is 6.04 Å². The van der Waals surface area contributed by atoms with Crippen LogP contribution in [0, 0.1) is 5.92 Å². The zero-order valence-electron chi connectivity index (χ0n) is 12.2. The molecular weight excluding hydrogens is 196 g/mol. The highest BCUT2D eigenvalue weighted by molar-refractivity contribution is 4.91. The van der Waals surface area contributed by atoms with Crippen LogP contribution in [0.3, 0.4) is 0 Å². The average Bonchev–Trinajstić information content (AvgIpc) is 2.24. The summed E-state index contributed by atoms with van der Waals surface area (Å²) in [6.45, 7) is 12.2. The summed E-state index contributed by atoms with van der Waals surface area (Å²) in [5.74, 6) is 0.756. The molecule has 98 valence electrons. The second kappa shape index (κ2) is 7.29. The Balaban J connectivity index is 4.64. The fourth-order valence-corrected chi connectivity index (χ4v) is 2.77. The first-order valence-electron chi connectivity index (χ1n) is 6.86. The van der Waals surface area contributed by atoms with Crippen LogP contribution in [0.4, 0.5) is 0 Å². The lowest BCUT2D eigenvalue weighted by molar-refractivity contribution is 0.0620. The Morgan fingerprint density at radius 2 is 1.75 bits per heavy atom. The smallest absolute Gasteiger partial charge is 0.0328 e. The van der Waals surface area contributed by atoms with Gasteiger partial charge in [-0.25, -0.2) is 0 Å². The number of likely N-dealkylation sites (N-methyl/N-ethyl adjacent to an activating group) is 1. The molecule has 0 aromatic carbocycles. The zero-order chi connectivity index (χ0) is 12.8. The van der Waals surface area contributed by atoms with E-state index in [4.69, 9.17) is 5.73 Å². The molecule has 0 aliphatic rings. The van der Waals surface area contributed by atoms with Crippen molar-refractivity contribution in [3.63, 3.8) is 0 Å². The van der Waals surface area contributed by atoms with E-state index in [1.807, 2.05) is 0 Å². The molecule has 0 saturated heterocycles. The number of rotatable bonds is 8. The average molecular weight is 228 g/mol. The topological polar surface area (TPSA) is 29.3 Å². The van der Waals surface area contributed by atoms with Crippen LogP contribution in [-0.2, 0) is 0 Å². The Morgan fingerprint density at radius 3 is 2.06 bits per heavy atom.